The molecule has 0 radical (unpaired) electrons. The van der Waals surface area contributed by atoms with Gasteiger partial charge in [0.05, 0.1) is 22.6 Å². The van der Waals surface area contributed by atoms with Crippen LogP contribution in [0.4, 0.5) is 18.2 Å². The van der Waals surface area contributed by atoms with E-state index in [9.17, 15) is 18.0 Å². The number of ketones is 1. The molecule has 8 heteroatoms. The van der Waals surface area contributed by atoms with E-state index in [4.69, 9.17) is 17.3 Å². The Morgan fingerprint density at radius 1 is 1.35 bits per heavy atom. The summed E-state index contributed by atoms with van der Waals surface area (Å²) in [6.07, 6.45) is -4.52. The van der Waals surface area contributed by atoms with Crippen LogP contribution in [0.5, 0.6) is 0 Å². The van der Waals surface area contributed by atoms with E-state index >= 15 is 0 Å². The first-order valence-electron chi connectivity index (χ1n) is 6.55. The van der Waals surface area contributed by atoms with Gasteiger partial charge in [-0.1, -0.05) is 17.7 Å². The van der Waals surface area contributed by atoms with Gasteiger partial charge in [-0.3, -0.25) is 4.79 Å². The van der Waals surface area contributed by atoms with Crippen LogP contribution in [0.25, 0.3) is 10.4 Å². The number of amidine groups is 1. The van der Waals surface area contributed by atoms with Crippen molar-refractivity contribution >= 4 is 39.6 Å². The van der Waals surface area contributed by atoms with Crippen LogP contribution in [-0.2, 0) is 6.18 Å². The molecule has 23 heavy (non-hydrogen) atoms. The molecule has 3 rings (SSSR count). The van der Waals surface area contributed by atoms with Crippen LogP contribution in [0, 0.1) is 6.92 Å². The lowest BCUT2D eigenvalue weighted by Crippen LogP contribution is -2.20. The maximum Gasteiger partial charge on any atom is 0.417 e. The van der Waals surface area contributed by atoms with Gasteiger partial charge < -0.3 is 5.73 Å². The Hall–Kier alpha value is -1.86. The first-order valence-corrected chi connectivity index (χ1v) is 7.74. The van der Waals surface area contributed by atoms with Gasteiger partial charge in [0.2, 0.25) is 0 Å². The maximum atomic E-state index is 13.0. The zero-order valence-corrected chi connectivity index (χ0v) is 13.4. The van der Waals surface area contributed by atoms with E-state index < -0.39 is 11.7 Å². The SMILES string of the molecule is Cc1c(-c2ccc(Cl)c(C(F)(F)F)c2)sc2c1C(=O)CC(N)=N2. The standard InChI is InChI=1S/C15H10ClF3N2OS/c1-6-12-10(22)5-11(20)21-14(12)23-13(6)7-2-3-9(16)8(4-7)15(17,18)19/h2-4H,5H2,1H3,(H2,20,21). The Morgan fingerprint density at radius 3 is 2.70 bits per heavy atom. The average molecular weight is 359 g/mol. The van der Waals surface area contributed by atoms with Crippen LogP contribution in [0.2, 0.25) is 5.02 Å². The van der Waals surface area contributed by atoms with Crippen molar-refractivity contribution in [2.45, 2.75) is 19.5 Å². The fourth-order valence-corrected chi connectivity index (χ4v) is 3.94. The number of fused-ring (bicyclic) bond motifs is 1. The molecule has 2 aromatic rings. The highest BCUT2D eigenvalue weighted by molar-refractivity contribution is 7.20. The molecule has 0 fully saturated rings. The molecule has 0 unspecified atom stereocenters. The zero-order chi connectivity index (χ0) is 16.9. The molecule has 2 heterocycles. The van der Waals surface area contributed by atoms with Gasteiger partial charge in [0.15, 0.2) is 5.78 Å². The number of carbonyl (C=O) groups is 1. The number of nitrogens with zero attached hydrogens (tertiary/aromatic N) is 1. The van der Waals surface area contributed by atoms with Gasteiger partial charge >= 0.3 is 6.18 Å². The lowest BCUT2D eigenvalue weighted by Gasteiger charge is -2.11. The molecule has 1 aliphatic rings. The van der Waals surface area contributed by atoms with Gasteiger partial charge in [-0.05, 0) is 30.2 Å². The number of Topliss-reactive ketones (excluding diaryl/α,β-unsaturated/α-hetero) is 1. The summed E-state index contributed by atoms with van der Waals surface area (Å²) < 4.78 is 39.0. The summed E-state index contributed by atoms with van der Waals surface area (Å²) in [5, 5.41) is 0.0772. The number of benzene rings is 1. The summed E-state index contributed by atoms with van der Waals surface area (Å²) in [5.74, 6) is 0.0416. The maximum absolute atomic E-state index is 13.0. The first kappa shape index (κ1) is 16.0. The number of nitrogens with two attached hydrogens (primary N) is 1. The van der Waals surface area contributed by atoms with Gasteiger partial charge in [-0.15, -0.1) is 11.3 Å². The molecule has 0 aliphatic carbocycles. The summed E-state index contributed by atoms with van der Waals surface area (Å²) in [7, 11) is 0. The van der Waals surface area contributed by atoms with Crippen molar-refractivity contribution in [1.82, 2.24) is 0 Å². The summed E-state index contributed by atoms with van der Waals surface area (Å²) in [4.78, 5) is 16.8. The van der Waals surface area contributed by atoms with E-state index in [1.54, 1.807) is 6.92 Å². The van der Waals surface area contributed by atoms with E-state index in [-0.39, 0.29) is 23.1 Å². The van der Waals surface area contributed by atoms with Crippen LogP contribution in [-0.4, -0.2) is 11.6 Å². The number of alkyl halides is 3. The monoisotopic (exact) mass is 358 g/mol. The highest BCUT2D eigenvalue weighted by atomic mass is 35.5. The van der Waals surface area contributed by atoms with Gasteiger partial charge in [-0.2, -0.15) is 13.2 Å². The minimum Gasteiger partial charge on any atom is -0.387 e. The van der Waals surface area contributed by atoms with Crippen LogP contribution >= 0.6 is 22.9 Å². The Kier molecular flexibility index (Phi) is 3.72. The molecule has 0 saturated heterocycles. The summed E-state index contributed by atoms with van der Waals surface area (Å²) in [6, 6.07) is 3.70. The topological polar surface area (TPSA) is 55.5 Å². The van der Waals surface area contributed by atoms with Gasteiger partial charge in [0.1, 0.15) is 10.8 Å². The van der Waals surface area contributed by atoms with Crippen molar-refractivity contribution in [3.63, 3.8) is 0 Å². The fraction of sp³-hybridized carbons (Fsp3) is 0.200. The largest absolute Gasteiger partial charge is 0.417 e. The van der Waals surface area contributed by atoms with Crippen molar-refractivity contribution < 1.29 is 18.0 Å². The molecule has 1 aromatic carbocycles. The molecule has 2 N–H and O–H groups in total. The minimum atomic E-state index is -4.55. The van der Waals surface area contributed by atoms with Crippen LogP contribution < -0.4 is 5.73 Å². The van der Waals surface area contributed by atoms with Crippen LogP contribution in [0.3, 0.4) is 0 Å². The molecule has 0 spiro atoms. The number of hydrogen-bond acceptors (Lipinski definition) is 4. The Balaban J connectivity index is 2.18. The van der Waals surface area contributed by atoms with Gasteiger partial charge in [0, 0.05) is 4.88 Å². The van der Waals surface area contributed by atoms with E-state index in [1.807, 2.05) is 0 Å². The van der Waals surface area contributed by atoms with Crippen molar-refractivity contribution in [2.75, 3.05) is 0 Å². The number of thiophene rings is 1. The third-order valence-electron chi connectivity index (χ3n) is 3.53. The van der Waals surface area contributed by atoms with Gasteiger partial charge in [-0.25, -0.2) is 4.99 Å². The molecule has 120 valence electrons. The highest BCUT2D eigenvalue weighted by Gasteiger charge is 2.34. The first-order chi connectivity index (χ1) is 10.7. The lowest BCUT2D eigenvalue weighted by molar-refractivity contribution is -0.137. The molecule has 0 atom stereocenters. The molecule has 1 aliphatic heterocycles. The van der Waals surface area contributed by atoms with Crippen molar-refractivity contribution in [3.8, 4) is 10.4 Å². The lowest BCUT2D eigenvalue weighted by atomic mass is 9.99. The van der Waals surface area contributed by atoms with Crippen molar-refractivity contribution in [2.24, 2.45) is 10.7 Å². The third-order valence-corrected chi connectivity index (χ3v) is 5.09. The zero-order valence-electron chi connectivity index (χ0n) is 11.8. The number of rotatable bonds is 1. The number of halogens is 4. The molecular formula is C15H10ClF3N2OS. The second kappa shape index (κ2) is 5.35. The Bertz CT molecular complexity index is 855. The average Bonchev–Trinajstić information content (AvgIpc) is 2.75. The smallest absolute Gasteiger partial charge is 0.387 e. The third kappa shape index (κ3) is 2.74. The summed E-state index contributed by atoms with van der Waals surface area (Å²) in [5.41, 5.74) is 6.10. The van der Waals surface area contributed by atoms with Crippen LogP contribution in [0.15, 0.2) is 23.2 Å². The molecular weight excluding hydrogens is 349 g/mol. The molecule has 3 nitrogen and oxygen atoms in total. The second-order valence-electron chi connectivity index (χ2n) is 5.13. The summed E-state index contributed by atoms with van der Waals surface area (Å²) >= 11 is 6.79. The predicted octanol–water partition coefficient (Wildman–Crippen LogP) is 4.97. The van der Waals surface area contributed by atoms with E-state index in [2.05, 4.69) is 4.99 Å². The Labute approximate surface area is 138 Å². The fourth-order valence-electron chi connectivity index (χ4n) is 2.49. The van der Waals surface area contributed by atoms with Gasteiger partial charge in [0.25, 0.3) is 0 Å². The quantitative estimate of drug-likeness (QED) is 0.782. The molecule has 1 aromatic heterocycles. The second-order valence-corrected chi connectivity index (χ2v) is 6.54. The van der Waals surface area contributed by atoms with E-state index in [0.29, 0.717) is 26.6 Å². The number of aliphatic imine (C=N–C) groups is 1. The van der Waals surface area contributed by atoms with E-state index in [0.717, 1.165) is 17.4 Å². The van der Waals surface area contributed by atoms with E-state index in [1.165, 1.54) is 12.1 Å². The molecule has 0 amide bonds. The number of carbonyl (C=O) groups excluding carboxylic acids is 1. The molecule has 0 saturated carbocycles. The summed E-state index contributed by atoms with van der Waals surface area (Å²) in [6.45, 7) is 1.70. The normalized spacial score (nSPS) is 14.7. The van der Waals surface area contributed by atoms with Crippen LogP contribution in [0.1, 0.15) is 27.9 Å². The predicted molar refractivity (Wildman–Crippen MR) is 84.7 cm³/mol. The molecule has 0 bridgehead atoms. The Morgan fingerprint density at radius 2 is 2.04 bits per heavy atom. The number of hydrogen-bond donors (Lipinski definition) is 1. The highest BCUT2D eigenvalue weighted by Crippen LogP contribution is 2.45. The van der Waals surface area contributed by atoms with Crippen molar-refractivity contribution in [1.29, 1.82) is 0 Å². The minimum absolute atomic E-state index is 0.0262. The van der Waals surface area contributed by atoms with Crippen molar-refractivity contribution in [3.05, 3.63) is 39.9 Å².